The van der Waals surface area contributed by atoms with Gasteiger partial charge >= 0.3 is 0 Å². The van der Waals surface area contributed by atoms with E-state index in [-0.39, 0.29) is 11.9 Å². The Morgan fingerprint density at radius 3 is 2.60 bits per heavy atom. The van der Waals surface area contributed by atoms with E-state index in [0.717, 1.165) is 28.7 Å². The highest BCUT2D eigenvalue weighted by Gasteiger charge is 2.09. The van der Waals surface area contributed by atoms with Gasteiger partial charge in [-0.15, -0.1) is 0 Å². The van der Waals surface area contributed by atoms with Crippen LogP contribution in [-0.4, -0.2) is 6.04 Å². The molecule has 2 nitrogen and oxygen atoms in total. The van der Waals surface area contributed by atoms with Crippen LogP contribution in [0, 0.1) is 12.7 Å². The molecule has 0 fully saturated rings. The molecule has 0 amide bonds. The van der Waals surface area contributed by atoms with Gasteiger partial charge in [0, 0.05) is 18.2 Å². The van der Waals surface area contributed by atoms with Crippen molar-refractivity contribution in [3.05, 3.63) is 58.9 Å². The first kappa shape index (κ1) is 14.7. The van der Waals surface area contributed by atoms with Gasteiger partial charge in [0.15, 0.2) is 0 Å². The lowest BCUT2D eigenvalue weighted by molar-refractivity contribution is 0.628. The Labute approximate surface area is 119 Å². The Morgan fingerprint density at radius 1 is 1.20 bits per heavy atom. The van der Waals surface area contributed by atoms with Crippen molar-refractivity contribution in [2.24, 2.45) is 11.5 Å². The largest absolute Gasteiger partial charge is 0.328 e. The molecule has 0 aliphatic heterocycles. The summed E-state index contributed by atoms with van der Waals surface area (Å²) in [6, 6.07) is 11.4. The smallest absolute Gasteiger partial charge is 0.131 e. The van der Waals surface area contributed by atoms with Crippen molar-refractivity contribution in [2.75, 3.05) is 0 Å². The lowest BCUT2D eigenvalue weighted by Crippen LogP contribution is -2.17. The Kier molecular flexibility index (Phi) is 4.53. The van der Waals surface area contributed by atoms with Gasteiger partial charge in [-0.25, -0.2) is 4.39 Å². The maximum absolute atomic E-state index is 14.2. The van der Waals surface area contributed by atoms with Crippen LogP contribution in [0.5, 0.6) is 0 Å². The standard InChI is InChI=1S/C17H21FN2/c1-11-6-16(17(18)9-15(11)10-19)14-5-3-4-13(8-14)7-12(2)20/h3-6,8-9,12H,7,10,19-20H2,1-2H3. The van der Waals surface area contributed by atoms with Crippen molar-refractivity contribution in [3.8, 4) is 11.1 Å². The molecule has 2 rings (SSSR count). The summed E-state index contributed by atoms with van der Waals surface area (Å²) in [6.45, 7) is 4.28. The van der Waals surface area contributed by atoms with Crippen LogP contribution >= 0.6 is 0 Å². The molecule has 0 saturated heterocycles. The van der Waals surface area contributed by atoms with Gasteiger partial charge in [-0.1, -0.05) is 24.3 Å². The van der Waals surface area contributed by atoms with Gasteiger partial charge in [0.05, 0.1) is 0 Å². The minimum Gasteiger partial charge on any atom is -0.328 e. The number of nitrogens with two attached hydrogens (primary N) is 2. The summed E-state index contributed by atoms with van der Waals surface area (Å²) < 4.78 is 14.2. The highest BCUT2D eigenvalue weighted by molar-refractivity contribution is 5.66. The maximum atomic E-state index is 14.2. The van der Waals surface area contributed by atoms with E-state index in [1.54, 1.807) is 0 Å². The first-order valence-corrected chi connectivity index (χ1v) is 6.85. The van der Waals surface area contributed by atoms with Gasteiger partial charge in [-0.3, -0.25) is 0 Å². The van der Waals surface area contributed by atoms with Crippen molar-refractivity contribution in [1.29, 1.82) is 0 Å². The molecule has 2 aromatic carbocycles. The van der Waals surface area contributed by atoms with E-state index < -0.39 is 0 Å². The van der Waals surface area contributed by atoms with Crippen molar-refractivity contribution in [3.63, 3.8) is 0 Å². The molecule has 106 valence electrons. The molecule has 0 spiro atoms. The second kappa shape index (κ2) is 6.16. The molecule has 3 heteroatoms. The summed E-state index contributed by atoms with van der Waals surface area (Å²) >= 11 is 0. The Bertz CT molecular complexity index is 606. The molecule has 4 N–H and O–H groups in total. The third-order valence-corrected chi connectivity index (χ3v) is 3.44. The van der Waals surface area contributed by atoms with Crippen LogP contribution in [0.2, 0.25) is 0 Å². The van der Waals surface area contributed by atoms with E-state index in [2.05, 4.69) is 0 Å². The molecule has 0 saturated carbocycles. The lowest BCUT2D eigenvalue weighted by Gasteiger charge is -2.11. The molecular formula is C17H21FN2. The maximum Gasteiger partial charge on any atom is 0.131 e. The minimum atomic E-state index is -0.228. The molecular weight excluding hydrogens is 251 g/mol. The fraction of sp³-hybridized carbons (Fsp3) is 0.294. The van der Waals surface area contributed by atoms with Crippen LogP contribution in [0.1, 0.15) is 23.6 Å². The van der Waals surface area contributed by atoms with E-state index in [1.165, 1.54) is 6.07 Å². The van der Waals surface area contributed by atoms with E-state index in [4.69, 9.17) is 11.5 Å². The summed E-state index contributed by atoms with van der Waals surface area (Å²) in [7, 11) is 0. The molecule has 0 aliphatic carbocycles. The summed E-state index contributed by atoms with van der Waals surface area (Å²) in [5.74, 6) is -0.228. The molecule has 0 aromatic heterocycles. The fourth-order valence-corrected chi connectivity index (χ4v) is 2.40. The first-order valence-electron chi connectivity index (χ1n) is 6.85. The van der Waals surface area contributed by atoms with Gasteiger partial charge in [-0.05, 0) is 54.7 Å². The van der Waals surface area contributed by atoms with Crippen molar-refractivity contribution < 1.29 is 4.39 Å². The molecule has 1 atom stereocenters. The predicted octanol–water partition coefficient (Wildman–Crippen LogP) is 3.15. The summed E-state index contributed by atoms with van der Waals surface area (Å²) in [5.41, 5.74) is 15.9. The van der Waals surface area contributed by atoms with E-state index in [0.29, 0.717) is 12.1 Å². The molecule has 0 aliphatic rings. The second-order valence-electron chi connectivity index (χ2n) is 5.34. The average Bonchev–Trinajstić information content (AvgIpc) is 2.40. The molecule has 0 radical (unpaired) electrons. The Balaban J connectivity index is 2.43. The molecule has 20 heavy (non-hydrogen) atoms. The summed E-state index contributed by atoms with van der Waals surface area (Å²) in [6.07, 6.45) is 0.787. The van der Waals surface area contributed by atoms with E-state index in [1.807, 2.05) is 44.2 Å². The molecule has 1 unspecified atom stereocenters. The van der Waals surface area contributed by atoms with Crippen LogP contribution in [-0.2, 0) is 13.0 Å². The zero-order valence-electron chi connectivity index (χ0n) is 12.0. The Hall–Kier alpha value is -1.71. The first-order chi connectivity index (χ1) is 9.51. The van der Waals surface area contributed by atoms with Gasteiger partial charge in [-0.2, -0.15) is 0 Å². The van der Waals surface area contributed by atoms with Crippen LogP contribution in [0.4, 0.5) is 4.39 Å². The van der Waals surface area contributed by atoms with Crippen LogP contribution in [0.3, 0.4) is 0 Å². The monoisotopic (exact) mass is 272 g/mol. The number of halogens is 1. The van der Waals surface area contributed by atoms with Crippen LogP contribution in [0.25, 0.3) is 11.1 Å². The van der Waals surface area contributed by atoms with Crippen LogP contribution < -0.4 is 11.5 Å². The van der Waals surface area contributed by atoms with Crippen molar-refractivity contribution >= 4 is 0 Å². The Morgan fingerprint density at radius 2 is 1.95 bits per heavy atom. The number of rotatable bonds is 4. The molecule has 2 aromatic rings. The molecule has 0 bridgehead atoms. The van der Waals surface area contributed by atoms with Gasteiger partial charge < -0.3 is 11.5 Å². The third-order valence-electron chi connectivity index (χ3n) is 3.44. The van der Waals surface area contributed by atoms with Gasteiger partial charge in [0.25, 0.3) is 0 Å². The number of benzene rings is 2. The van der Waals surface area contributed by atoms with Crippen molar-refractivity contribution in [2.45, 2.75) is 32.9 Å². The normalized spacial score (nSPS) is 12.4. The third kappa shape index (κ3) is 3.24. The SMILES string of the molecule is Cc1cc(-c2cccc(CC(C)N)c2)c(F)cc1CN. The lowest BCUT2D eigenvalue weighted by atomic mass is 9.96. The second-order valence-corrected chi connectivity index (χ2v) is 5.34. The average molecular weight is 272 g/mol. The number of aryl methyl sites for hydroxylation is 1. The quantitative estimate of drug-likeness (QED) is 0.898. The van der Waals surface area contributed by atoms with Crippen LogP contribution in [0.15, 0.2) is 36.4 Å². The minimum absolute atomic E-state index is 0.0939. The highest BCUT2D eigenvalue weighted by Crippen LogP contribution is 2.27. The van der Waals surface area contributed by atoms with Gasteiger partial charge in [0.1, 0.15) is 5.82 Å². The molecule has 0 heterocycles. The fourth-order valence-electron chi connectivity index (χ4n) is 2.40. The zero-order chi connectivity index (χ0) is 14.7. The van der Waals surface area contributed by atoms with Gasteiger partial charge in [0.2, 0.25) is 0 Å². The summed E-state index contributed by atoms with van der Waals surface area (Å²) in [4.78, 5) is 0. The summed E-state index contributed by atoms with van der Waals surface area (Å²) in [5, 5.41) is 0. The number of hydrogen-bond donors (Lipinski definition) is 2. The topological polar surface area (TPSA) is 52.0 Å². The number of hydrogen-bond acceptors (Lipinski definition) is 2. The van der Waals surface area contributed by atoms with Crippen molar-refractivity contribution in [1.82, 2.24) is 0 Å². The zero-order valence-corrected chi connectivity index (χ0v) is 12.0. The van der Waals surface area contributed by atoms with E-state index in [9.17, 15) is 4.39 Å². The van der Waals surface area contributed by atoms with E-state index >= 15 is 0 Å². The highest BCUT2D eigenvalue weighted by atomic mass is 19.1. The predicted molar refractivity (Wildman–Crippen MR) is 81.8 cm³/mol.